The van der Waals surface area contributed by atoms with Crippen LogP contribution in [0.3, 0.4) is 0 Å². The lowest BCUT2D eigenvalue weighted by atomic mass is 10.2. The van der Waals surface area contributed by atoms with Crippen molar-refractivity contribution in [1.29, 1.82) is 0 Å². The molecule has 5 heteroatoms. The topological polar surface area (TPSA) is 49.0 Å². The molecule has 0 bridgehead atoms. The van der Waals surface area contributed by atoms with E-state index in [1.54, 1.807) is 21.3 Å². The van der Waals surface area contributed by atoms with Gasteiger partial charge in [-0.2, -0.15) is 5.48 Å². The van der Waals surface area contributed by atoms with Crippen molar-refractivity contribution in [3.8, 4) is 11.5 Å². The number of methoxy groups -OCH3 is 3. The van der Waals surface area contributed by atoms with E-state index in [2.05, 4.69) is 5.48 Å². The van der Waals surface area contributed by atoms with Crippen LogP contribution in [0.4, 0.5) is 0 Å². The van der Waals surface area contributed by atoms with E-state index in [-0.39, 0.29) is 0 Å². The van der Waals surface area contributed by atoms with Crippen molar-refractivity contribution < 1.29 is 19.0 Å². The van der Waals surface area contributed by atoms with Crippen LogP contribution in [0, 0.1) is 0 Å². The van der Waals surface area contributed by atoms with Crippen LogP contribution in [0.25, 0.3) is 0 Å². The van der Waals surface area contributed by atoms with Crippen molar-refractivity contribution in [1.82, 2.24) is 5.48 Å². The van der Waals surface area contributed by atoms with E-state index < -0.39 is 0 Å². The number of nitrogens with one attached hydrogen (secondary N) is 1. The molecule has 0 saturated heterocycles. The smallest absolute Gasteiger partial charge is 0.127 e. The minimum Gasteiger partial charge on any atom is -0.497 e. The molecule has 0 heterocycles. The molecule has 0 unspecified atom stereocenters. The van der Waals surface area contributed by atoms with Gasteiger partial charge in [0.2, 0.25) is 0 Å². The lowest BCUT2D eigenvalue weighted by Crippen LogP contribution is -2.17. The Hall–Kier alpha value is -1.30. The molecule has 0 aliphatic rings. The molecule has 0 fully saturated rings. The van der Waals surface area contributed by atoms with Crippen molar-refractivity contribution in [3.63, 3.8) is 0 Å². The Balaban J connectivity index is 2.46. The molecule has 17 heavy (non-hydrogen) atoms. The number of ether oxygens (including phenoxy) is 3. The molecule has 96 valence electrons. The van der Waals surface area contributed by atoms with Gasteiger partial charge in [0.25, 0.3) is 0 Å². The van der Waals surface area contributed by atoms with Crippen LogP contribution in [0.1, 0.15) is 5.56 Å². The maximum atomic E-state index is 5.27. The van der Waals surface area contributed by atoms with Crippen LogP contribution < -0.4 is 15.0 Å². The first-order valence-corrected chi connectivity index (χ1v) is 5.36. The SMILES string of the molecule is COCCONCc1ccc(OC)cc1OC. The highest BCUT2D eigenvalue weighted by Gasteiger charge is 2.04. The highest BCUT2D eigenvalue weighted by Crippen LogP contribution is 2.24. The normalized spacial score (nSPS) is 10.3. The quantitative estimate of drug-likeness (QED) is 0.550. The Morgan fingerprint density at radius 2 is 1.88 bits per heavy atom. The predicted octanol–water partition coefficient (Wildman–Crippen LogP) is 1.37. The van der Waals surface area contributed by atoms with Gasteiger partial charge in [-0.1, -0.05) is 6.07 Å². The third-order valence-corrected chi connectivity index (χ3v) is 2.25. The molecular formula is C12H19NO4. The molecule has 0 spiro atoms. The number of hydroxylamine groups is 1. The Kier molecular flexibility index (Phi) is 6.39. The number of hydrogen-bond donors (Lipinski definition) is 1. The first-order chi connectivity index (χ1) is 8.31. The third-order valence-electron chi connectivity index (χ3n) is 2.25. The zero-order chi connectivity index (χ0) is 12.5. The van der Waals surface area contributed by atoms with Crippen LogP contribution in [0.2, 0.25) is 0 Å². The zero-order valence-corrected chi connectivity index (χ0v) is 10.5. The second-order valence-corrected chi connectivity index (χ2v) is 3.34. The van der Waals surface area contributed by atoms with Gasteiger partial charge < -0.3 is 14.2 Å². The van der Waals surface area contributed by atoms with E-state index in [4.69, 9.17) is 19.0 Å². The van der Waals surface area contributed by atoms with Crippen molar-refractivity contribution in [2.45, 2.75) is 6.54 Å². The summed E-state index contributed by atoms with van der Waals surface area (Å²) in [5, 5.41) is 0. The van der Waals surface area contributed by atoms with Gasteiger partial charge in [0.1, 0.15) is 11.5 Å². The fraction of sp³-hybridized carbons (Fsp3) is 0.500. The highest BCUT2D eigenvalue weighted by atomic mass is 16.7. The summed E-state index contributed by atoms with van der Waals surface area (Å²) in [5.41, 5.74) is 3.85. The van der Waals surface area contributed by atoms with Gasteiger partial charge in [-0.15, -0.1) is 0 Å². The average molecular weight is 241 g/mol. The van der Waals surface area contributed by atoms with Crippen LogP contribution in [-0.4, -0.2) is 34.5 Å². The molecular weight excluding hydrogens is 222 g/mol. The summed E-state index contributed by atoms with van der Waals surface area (Å²) >= 11 is 0. The first-order valence-electron chi connectivity index (χ1n) is 5.36. The van der Waals surface area contributed by atoms with Gasteiger partial charge in [-0.05, 0) is 6.07 Å². The molecule has 0 amide bonds. The van der Waals surface area contributed by atoms with Crippen LogP contribution >= 0.6 is 0 Å². The fourth-order valence-electron chi connectivity index (χ4n) is 1.32. The molecule has 0 radical (unpaired) electrons. The van der Waals surface area contributed by atoms with Gasteiger partial charge in [0.15, 0.2) is 0 Å². The third kappa shape index (κ3) is 4.60. The molecule has 0 saturated carbocycles. The summed E-state index contributed by atoms with van der Waals surface area (Å²) in [6.45, 7) is 1.64. The van der Waals surface area contributed by atoms with Gasteiger partial charge >= 0.3 is 0 Å². The second kappa shape index (κ2) is 7.89. The Labute approximate surface area is 102 Å². The fourth-order valence-corrected chi connectivity index (χ4v) is 1.32. The van der Waals surface area contributed by atoms with E-state index >= 15 is 0 Å². The Bertz CT molecular complexity index is 330. The van der Waals surface area contributed by atoms with E-state index in [1.165, 1.54) is 0 Å². The van der Waals surface area contributed by atoms with Gasteiger partial charge in [-0.25, -0.2) is 0 Å². The summed E-state index contributed by atoms with van der Waals surface area (Å²) in [5.74, 6) is 1.54. The molecule has 0 aliphatic carbocycles. The molecule has 1 rings (SSSR count). The highest BCUT2D eigenvalue weighted by molar-refractivity contribution is 5.40. The van der Waals surface area contributed by atoms with Crippen LogP contribution in [-0.2, 0) is 16.1 Å². The summed E-state index contributed by atoms with van der Waals surface area (Å²) < 4.78 is 15.2. The zero-order valence-electron chi connectivity index (χ0n) is 10.5. The number of benzene rings is 1. The lowest BCUT2D eigenvalue weighted by molar-refractivity contribution is 0.00321. The first kappa shape index (κ1) is 13.8. The molecule has 0 aromatic heterocycles. The van der Waals surface area contributed by atoms with Crippen molar-refractivity contribution in [2.24, 2.45) is 0 Å². The maximum Gasteiger partial charge on any atom is 0.127 e. The average Bonchev–Trinajstić information content (AvgIpc) is 2.38. The van der Waals surface area contributed by atoms with Gasteiger partial charge in [0, 0.05) is 25.3 Å². The molecule has 0 atom stereocenters. The summed E-state index contributed by atoms with van der Waals surface area (Å²) in [6, 6.07) is 5.66. The lowest BCUT2D eigenvalue weighted by Gasteiger charge is -2.11. The van der Waals surface area contributed by atoms with E-state index in [0.29, 0.717) is 19.8 Å². The largest absolute Gasteiger partial charge is 0.497 e. The number of hydrogen-bond acceptors (Lipinski definition) is 5. The minimum atomic E-state index is 0.509. The van der Waals surface area contributed by atoms with Crippen molar-refractivity contribution >= 4 is 0 Å². The molecule has 0 aliphatic heterocycles. The monoisotopic (exact) mass is 241 g/mol. The van der Waals surface area contributed by atoms with Crippen LogP contribution in [0.5, 0.6) is 11.5 Å². The second-order valence-electron chi connectivity index (χ2n) is 3.34. The molecule has 1 aromatic rings. The predicted molar refractivity (Wildman–Crippen MR) is 64.2 cm³/mol. The summed E-state index contributed by atoms with van der Waals surface area (Å²) in [4.78, 5) is 5.17. The standard InChI is InChI=1S/C12H19NO4/c1-14-6-7-17-13-9-10-4-5-11(15-2)8-12(10)16-3/h4-5,8,13H,6-7,9H2,1-3H3. The number of rotatable bonds is 8. The van der Waals surface area contributed by atoms with Crippen LogP contribution in [0.15, 0.2) is 18.2 Å². The van der Waals surface area contributed by atoms with Crippen molar-refractivity contribution in [2.75, 3.05) is 34.5 Å². The summed E-state index contributed by atoms with van der Waals surface area (Å²) in [6.07, 6.45) is 0. The van der Waals surface area contributed by atoms with Gasteiger partial charge in [-0.3, -0.25) is 4.84 Å². The van der Waals surface area contributed by atoms with Gasteiger partial charge in [0.05, 0.1) is 27.4 Å². The Morgan fingerprint density at radius 3 is 2.53 bits per heavy atom. The van der Waals surface area contributed by atoms with E-state index in [0.717, 1.165) is 17.1 Å². The summed E-state index contributed by atoms with van der Waals surface area (Å²) in [7, 11) is 4.89. The molecule has 1 aromatic carbocycles. The molecule has 1 N–H and O–H groups in total. The van der Waals surface area contributed by atoms with E-state index in [9.17, 15) is 0 Å². The Morgan fingerprint density at radius 1 is 1.06 bits per heavy atom. The van der Waals surface area contributed by atoms with Crippen molar-refractivity contribution in [3.05, 3.63) is 23.8 Å². The minimum absolute atomic E-state index is 0.509. The molecule has 5 nitrogen and oxygen atoms in total. The van der Waals surface area contributed by atoms with E-state index in [1.807, 2.05) is 18.2 Å². The maximum absolute atomic E-state index is 5.27.